The molecule has 0 atom stereocenters. The van der Waals surface area contributed by atoms with Crippen LogP contribution in [-0.2, 0) is 20.0 Å². The number of halogens is 2. The van der Waals surface area contributed by atoms with Crippen molar-refractivity contribution in [3.8, 4) is 5.75 Å². The largest absolute Gasteiger partial charge is 0.497 e. The number of ether oxygens (including phenoxy) is 1. The van der Waals surface area contributed by atoms with Crippen molar-refractivity contribution >= 4 is 42.3 Å². The van der Waals surface area contributed by atoms with E-state index in [4.69, 9.17) is 4.74 Å². The molecule has 0 unspecified atom stereocenters. The van der Waals surface area contributed by atoms with Crippen molar-refractivity contribution in [2.75, 3.05) is 16.6 Å². The van der Waals surface area contributed by atoms with E-state index in [0.29, 0.717) is 10.9 Å². The third-order valence-electron chi connectivity index (χ3n) is 3.68. The van der Waals surface area contributed by atoms with Gasteiger partial charge in [-0.05, 0) is 18.2 Å². The van der Waals surface area contributed by atoms with Crippen molar-refractivity contribution in [3.05, 3.63) is 42.6 Å². The Balaban J connectivity index is 2.07. The molecule has 3 N–H and O–H groups in total. The Hall–Kier alpha value is -2.93. The smallest absolute Gasteiger partial charge is 0.355 e. The number of methoxy groups -OCH3 is 1. The SMILES string of the molecule is COc1ccc(S(=O)(=O)Nc2cccc3cn[nH]c23)c(NS(=O)(=O)C(F)F)c1. The summed E-state index contributed by atoms with van der Waals surface area (Å²) in [6.07, 6.45) is 1.49. The van der Waals surface area contributed by atoms with E-state index in [1.807, 2.05) is 0 Å². The Kier molecular flexibility index (Phi) is 5.12. The molecule has 3 aromatic rings. The molecule has 0 aliphatic rings. The highest BCUT2D eigenvalue weighted by Crippen LogP contribution is 2.31. The first-order chi connectivity index (χ1) is 13.1. The molecular formula is C15H14F2N4O5S2. The maximum absolute atomic E-state index is 12.8. The molecule has 1 aromatic heterocycles. The molecule has 0 bridgehead atoms. The highest BCUT2D eigenvalue weighted by Gasteiger charge is 2.28. The lowest BCUT2D eigenvalue weighted by Gasteiger charge is -2.15. The van der Waals surface area contributed by atoms with E-state index in [1.54, 1.807) is 16.9 Å². The molecule has 150 valence electrons. The molecule has 0 spiro atoms. The molecule has 0 fully saturated rings. The molecule has 0 aliphatic heterocycles. The average Bonchev–Trinajstić information content (AvgIpc) is 3.10. The first-order valence-electron chi connectivity index (χ1n) is 7.57. The zero-order valence-electron chi connectivity index (χ0n) is 14.2. The maximum Gasteiger partial charge on any atom is 0.355 e. The molecule has 9 nitrogen and oxygen atoms in total. The number of alkyl halides is 2. The van der Waals surface area contributed by atoms with Gasteiger partial charge in [-0.3, -0.25) is 14.5 Å². The summed E-state index contributed by atoms with van der Waals surface area (Å²) in [5.74, 6) is -3.68. The third-order valence-corrected chi connectivity index (χ3v) is 6.08. The van der Waals surface area contributed by atoms with Crippen LogP contribution in [0.3, 0.4) is 0 Å². The molecule has 0 saturated carbocycles. The summed E-state index contributed by atoms with van der Waals surface area (Å²) in [5, 5.41) is 7.10. The predicted octanol–water partition coefficient (Wildman–Crippen LogP) is 2.34. The standard InChI is InChI=1S/C15H14F2N4O5S2/c1-26-10-5-6-13(12(7-10)21-28(24,25)15(16)17)27(22,23)20-11-4-2-3-9-8-18-19-14(9)11/h2-8,15,20-21H,1H3,(H,18,19). The molecule has 2 aromatic carbocycles. The van der Waals surface area contributed by atoms with Gasteiger partial charge >= 0.3 is 5.76 Å². The minimum atomic E-state index is -5.10. The number of aromatic nitrogens is 2. The molecule has 0 radical (unpaired) electrons. The second-order valence-electron chi connectivity index (χ2n) is 5.52. The summed E-state index contributed by atoms with van der Waals surface area (Å²) in [6, 6.07) is 8.04. The molecule has 28 heavy (non-hydrogen) atoms. The van der Waals surface area contributed by atoms with Crippen LogP contribution in [0.2, 0.25) is 0 Å². The number of fused-ring (bicyclic) bond motifs is 1. The van der Waals surface area contributed by atoms with E-state index >= 15 is 0 Å². The molecule has 0 aliphatic carbocycles. The van der Waals surface area contributed by atoms with Crippen molar-refractivity contribution in [1.29, 1.82) is 0 Å². The highest BCUT2D eigenvalue weighted by atomic mass is 32.2. The number of nitrogens with one attached hydrogen (secondary N) is 3. The van der Waals surface area contributed by atoms with Gasteiger partial charge in [-0.25, -0.2) is 16.8 Å². The van der Waals surface area contributed by atoms with Gasteiger partial charge < -0.3 is 4.74 Å². The van der Waals surface area contributed by atoms with Gasteiger partial charge in [0.2, 0.25) is 0 Å². The number of aromatic amines is 1. The van der Waals surface area contributed by atoms with Crippen LogP contribution in [0.15, 0.2) is 47.5 Å². The van der Waals surface area contributed by atoms with E-state index in [0.717, 1.165) is 12.1 Å². The van der Waals surface area contributed by atoms with Gasteiger partial charge in [0.1, 0.15) is 10.6 Å². The van der Waals surface area contributed by atoms with Crippen LogP contribution in [0.4, 0.5) is 20.2 Å². The first-order valence-corrected chi connectivity index (χ1v) is 10.6. The first kappa shape index (κ1) is 19.8. The molecule has 1 heterocycles. The van der Waals surface area contributed by atoms with E-state index < -0.39 is 36.4 Å². The summed E-state index contributed by atoms with van der Waals surface area (Å²) < 4.78 is 83.0. The lowest BCUT2D eigenvalue weighted by Crippen LogP contribution is -2.23. The van der Waals surface area contributed by atoms with Gasteiger partial charge in [-0.2, -0.15) is 13.9 Å². The van der Waals surface area contributed by atoms with Crippen LogP contribution >= 0.6 is 0 Å². The Morgan fingerprint density at radius 1 is 1.07 bits per heavy atom. The lowest BCUT2D eigenvalue weighted by molar-refractivity contribution is 0.236. The third kappa shape index (κ3) is 3.84. The summed E-state index contributed by atoms with van der Waals surface area (Å²) in [7, 11) is -8.21. The van der Waals surface area contributed by atoms with Gasteiger partial charge in [-0.15, -0.1) is 0 Å². The number of sulfonamides is 2. The fourth-order valence-electron chi connectivity index (χ4n) is 2.40. The Morgan fingerprint density at radius 2 is 1.82 bits per heavy atom. The van der Waals surface area contributed by atoms with Crippen LogP contribution in [0.1, 0.15) is 0 Å². The van der Waals surface area contributed by atoms with Gasteiger partial charge in [-0.1, -0.05) is 12.1 Å². The van der Waals surface area contributed by atoms with Crippen molar-refractivity contribution < 1.29 is 30.4 Å². The van der Waals surface area contributed by atoms with E-state index in [2.05, 4.69) is 14.9 Å². The number of H-pyrrole nitrogens is 1. The summed E-state index contributed by atoms with van der Waals surface area (Å²) >= 11 is 0. The normalized spacial score (nSPS) is 12.3. The van der Waals surface area contributed by atoms with E-state index in [1.165, 1.54) is 25.4 Å². The van der Waals surface area contributed by atoms with Gasteiger partial charge in [0.15, 0.2) is 0 Å². The minimum absolute atomic E-state index is 0.0709. The van der Waals surface area contributed by atoms with E-state index in [9.17, 15) is 25.6 Å². The lowest BCUT2D eigenvalue weighted by atomic mass is 10.2. The minimum Gasteiger partial charge on any atom is -0.497 e. The summed E-state index contributed by atoms with van der Waals surface area (Å²) in [6.45, 7) is 0. The van der Waals surface area contributed by atoms with E-state index in [-0.39, 0.29) is 11.4 Å². The van der Waals surface area contributed by atoms with Gasteiger partial charge in [0.05, 0.1) is 30.2 Å². The van der Waals surface area contributed by atoms with Crippen LogP contribution in [0.5, 0.6) is 5.75 Å². The molecule has 0 amide bonds. The average molecular weight is 432 g/mol. The number of anilines is 2. The Morgan fingerprint density at radius 3 is 2.50 bits per heavy atom. The zero-order valence-corrected chi connectivity index (χ0v) is 15.8. The monoisotopic (exact) mass is 432 g/mol. The number of para-hydroxylation sites is 1. The van der Waals surface area contributed by atoms with Crippen LogP contribution in [0.25, 0.3) is 10.9 Å². The van der Waals surface area contributed by atoms with Crippen molar-refractivity contribution in [1.82, 2.24) is 10.2 Å². The van der Waals surface area contributed by atoms with Crippen LogP contribution in [-0.4, -0.2) is 39.9 Å². The maximum atomic E-state index is 12.8. The van der Waals surface area contributed by atoms with Crippen LogP contribution < -0.4 is 14.2 Å². The quantitative estimate of drug-likeness (QED) is 0.525. The highest BCUT2D eigenvalue weighted by molar-refractivity contribution is 7.94. The van der Waals surface area contributed by atoms with Gasteiger partial charge in [0, 0.05) is 11.5 Å². The van der Waals surface area contributed by atoms with Crippen molar-refractivity contribution in [2.45, 2.75) is 10.7 Å². The predicted molar refractivity (Wildman–Crippen MR) is 98.4 cm³/mol. The number of rotatable bonds is 7. The zero-order chi connectivity index (χ0) is 20.5. The number of benzene rings is 2. The van der Waals surface area contributed by atoms with Crippen LogP contribution in [0, 0.1) is 0 Å². The summed E-state index contributed by atoms with van der Waals surface area (Å²) in [5.41, 5.74) is -0.0354. The Bertz CT molecular complexity index is 1230. The molecule has 0 saturated heterocycles. The number of hydrogen-bond acceptors (Lipinski definition) is 6. The van der Waals surface area contributed by atoms with Crippen molar-refractivity contribution in [3.63, 3.8) is 0 Å². The molecular weight excluding hydrogens is 418 g/mol. The number of nitrogens with zero attached hydrogens (tertiary/aromatic N) is 1. The molecule has 3 rings (SSSR count). The summed E-state index contributed by atoms with van der Waals surface area (Å²) in [4.78, 5) is -0.561. The second kappa shape index (κ2) is 7.24. The van der Waals surface area contributed by atoms with Gasteiger partial charge in [0.25, 0.3) is 20.0 Å². The topological polar surface area (TPSA) is 130 Å². The second-order valence-corrected chi connectivity index (χ2v) is 8.82. The Labute approximate surface area is 158 Å². The van der Waals surface area contributed by atoms with Crippen molar-refractivity contribution in [2.24, 2.45) is 0 Å². The number of hydrogen-bond donors (Lipinski definition) is 3. The molecule has 13 heteroatoms. The fraction of sp³-hybridized carbons (Fsp3) is 0.133. The fourth-order valence-corrected chi connectivity index (χ4v) is 4.25.